The summed E-state index contributed by atoms with van der Waals surface area (Å²) < 4.78 is 5.69. The summed E-state index contributed by atoms with van der Waals surface area (Å²) in [5.41, 5.74) is 0.846. The maximum Gasteiger partial charge on any atom is 0.294 e. The Balaban J connectivity index is 1.71. The van der Waals surface area contributed by atoms with E-state index in [4.69, 9.17) is 16.3 Å². The Morgan fingerprint density at radius 2 is 1.83 bits per heavy atom. The van der Waals surface area contributed by atoms with Gasteiger partial charge in [0, 0.05) is 18.1 Å². The van der Waals surface area contributed by atoms with E-state index in [-0.39, 0.29) is 23.4 Å². The third-order valence-corrected chi connectivity index (χ3v) is 5.04. The summed E-state index contributed by atoms with van der Waals surface area (Å²) in [6, 6.07) is 7.16. The third-order valence-electron chi connectivity index (χ3n) is 3.88. The number of ether oxygens (including phenoxy) is 1. The molecule has 2 atom stereocenters. The van der Waals surface area contributed by atoms with Crippen molar-refractivity contribution < 1.29 is 14.3 Å². The highest BCUT2D eigenvalue weighted by Gasteiger charge is 2.37. The lowest BCUT2D eigenvalue weighted by Gasteiger charge is -2.36. The summed E-state index contributed by atoms with van der Waals surface area (Å²) in [4.78, 5) is 28.6. The van der Waals surface area contributed by atoms with Gasteiger partial charge < -0.3 is 4.74 Å². The van der Waals surface area contributed by atoms with E-state index in [0.29, 0.717) is 29.7 Å². The molecular weight excluding hydrogens is 348 g/mol. The zero-order chi connectivity index (χ0) is 17.3. The number of thioether (sulfide) groups is 1. The summed E-state index contributed by atoms with van der Waals surface area (Å²) in [6.45, 7) is 5.72. The number of benzene rings is 1. The number of halogens is 1. The molecule has 0 bridgehead atoms. The van der Waals surface area contributed by atoms with Crippen molar-refractivity contribution in [3.8, 4) is 0 Å². The minimum absolute atomic E-state index is 0.0956. The molecular formula is C17H19ClN2O3S. The van der Waals surface area contributed by atoms with Gasteiger partial charge in [-0.25, -0.2) is 0 Å². The number of hydrogen-bond acceptors (Lipinski definition) is 5. The first-order chi connectivity index (χ1) is 11.4. The van der Waals surface area contributed by atoms with Gasteiger partial charge in [0.25, 0.3) is 11.1 Å². The SMILES string of the molecule is CC1CN(CN2C(=O)S/C(=C/c3ccc(Cl)cc3)C2=O)CC(C)O1. The molecule has 0 aliphatic carbocycles. The van der Waals surface area contributed by atoms with E-state index < -0.39 is 0 Å². The standard InChI is InChI=1S/C17H19ClN2O3S/c1-11-8-19(9-12(2)23-11)10-20-16(21)15(24-17(20)22)7-13-3-5-14(18)6-4-13/h3-7,11-12H,8-10H2,1-2H3/b15-7+. The van der Waals surface area contributed by atoms with Crippen LogP contribution in [0, 0.1) is 0 Å². The van der Waals surface area contributed by atoms with E-state index in [1.165, 1.54) is 4.90 Å². The van der Waals surface area contributed by atoms with Crippen LogP contribution in [0.2, 0.25) is 5.02 Å². The molecule has 0 spiro atoms. The molecule has 2 unspecified atom stereocenters. The molecule has 3 rings (SSSR count). The van der Waals surface area contributed by atoms with Gasteiger partial charge in [0.1, 0.15) is 0 Å². The number of carbonyl (C=O) groups is 2. The topological polar surface area (TPSA) is 49.9 Å². The average molecular weight is 367 g/mol. The van der Waals surface area contributed by atoms with Gasteiger partial charge in [0.2, 0.25) is 0 Å². The van der Waals surface area contributed by atoms with Crippen molar-refractivity contribution in [3.63, 3.8) is 0 Å². The van der Waals surface area contributed by atoms with E-state index in [9.17, 15) is 9.59 Å². The normalized spacial score (nSPS) is 27.3. The number of rotatable bonds is 3. The first kappa shape index (κ1) is 17.5. The molecule has 2 aliphatic rings. The number of morpholine rings is 1. The molecule has 128 valence electrons. The number of imide groups is 1. The molecule has 5 nitrogen and oxygen atoms in total. The second kappa shape index (κ2) is 7.27. The maximum absolute atomic E-state index is 12.6. The molecule has 2 saturated heterocycles. The van der Waals surface area contributed by atoms with Crippen LogP contribution in [-0.2, 0) is 9.53 Å². The maximum atomic E-state index is 12.6. The van der Waals surface area contributed by atoms with Crippen molar-refractivity contribution >= 4 is 40.6 Å². The summed E-state index contributed by atoms with van der Waals surface area (Å²) in [6.07, 6.45) is 1.92. The Hall–Kier alpha value is -1.34. The first-order valence-corrected chi connectivity index (χ1v) is 9.00. The van der Waals surface area contributed by atoms with Crippen LogP contribution in [0.15, 0.2) is 29.2 Å². The molecule has 0 saturated carbocycles. The third kappa shape index (κ3) is 4.00. The Kier molecular flexibility index (Phi) is 5.30. The smallest absolute Gasteiger partial charge is 0.294 e. The van der Waals surface area contributed by atoms with Gasteiger partial charge in [-0.05, 0) is 49.4 Å². The lowest BCUT2D eigenvalue weighted by atomic mass is 10.2. The van der Waals surface area contributed by atoms with Crippen LogP contribution in [0.1, 0.15) is 19.4 Å². The van der Waals surface area contributed by atoms with Crippen LogP contribution < -0.4 is 0 Å². The molecule has 0 aromatic heterocycles. The Morgan fingerprint density at radius 1 is 1.21 bits per heavy atom. The van der Waals surface area contributed by atoms with Gasteiger partial charge in [-0.2, -0.15) is 0 Å². The van der Waals surface area contributed by atoms with Crippen molar-refractivity contribution in [2.24, 2.45) is 0 Å². The lowest BCUT2D eigenvalue weighted by molar-refractivity contribution is -0.127. The Morgan fingerprint density at radius 3 is 2.46 bits per heavy atom. The van der Waals surface area contributed by atoms with Crippen molar-refractivity contribution in [1.82, 2.24) is 9.80 Å². The first-order valence-electron chi connectivity index (χ1n) is 7.81. The fourth-order valence-electron chi connectivity index (χ4n) is 2.93. The van der Waals surface area contributed by atoms with Crippen molar-refractivity contribution in [2.45, 2.75) is 26.1 Å². The van der Waals surface area contributed by atoms with Crippen LogP contribution in [0.4, 0.5) is 4.79 Å². The highest BCUT2D eigenvalue weighted by atomic mass is 35.5. The quantitative estimate of drug-likeness (QED) is 0.767. The molecule has 1 aromatic carbocycles. The minimum Gasteiger partial charge on any atom is -0.373 e. The van der Waals surface area contributed by atoms with Gasteiger partial charge in [0.15, 0.2) is 0 Å². The van der Waals surface area contributed by atoms with Gasteiger partial charge >= 0.3 is 0 Å². The van der Waals surface area contributed by atoms with E-state index in [1.807, 2.05) is 26.0 Å². The molecule has 0 N–H and O–H groups in total. The van der Waals surface area contributed by atoms with Gasteiger partial charge in [0.05, 0.1) is 23.8 Å². The largest absolute Gasteiger partial charge is 0.373 e. The van der Waals surface area contributed by atoms with Crippen LogP contribution in [-0.4, -0.2) is 52.9 Å². The highest BCUT2D eigenvalue weighted by molar-refractivity contribution is 8.18. The number of amides is 2. The molecule has 2 amide bonds. The van der Waals surface area contributed by atoms with E-state index in [1.54, 1.807) is 18.2 Å². The fraction of sp³-hybridized carbons (Fsp3) is 0.412. The predicted molar refractivity (Wildman–Crippen MR) is 95.7 cm³/mol. The lowest BCUT2D eigenvalue weighted by Crippen LogP contribution is -2.50. The van der Waals surface area contributed by atoms with E-state index >= 15 is 0 Å². The summed E-state index contributed by atoms with van der Waals surface area (Å²) in [5.74, 6) is -0.244. The van der Waals surface area contributed by atoms with Gasteiger partial charge in [-0.15, -0.1) is 0 Å². The van der Waals surface area contributed by atoms with Crippen molar-refractivity contribution in [2.75, 3.05) is 19.8 Å². The van der Waals surface area contributed by atoms with Crippen LogP contribution in [0.25, 0.3) is 6.08 Å². The Labute approximate surface area is 150 Å². The summed E-state index contributed by atoms with van der Waals surface area (Å²) in [5, 5.41) is 0.405. The summed E-state index contributed by atoms with van der Waals surface area (Å²) >= 11 is 6.84. The number of nitrogens with zero attached hydrogens (tertiary/aromatic N) is 2. The number of hydrogen-bond donors (Lipinski definition) is 0. The zero-order valence-electron chi connectivity index (χ0n) is 13.6. The highest BCUT2D eigenvalue weighted by Crippen LogP contribution is 2.32. The van der Waals surface area contributed by atoms with Crippen LogP contribution in [0.3, 0.4) is 0 Å². The summed E-state index contributed by atoms with van der Waals surface area (Å²) in [7, 11) is 0. The van der Waals surface area contributed by atoms with E-state index in [0.717, 1.165) is 17.3 Å². The second-order valence-electron chi connectivity index (χ2n) is 6.10. The molecule has 1 aromatic rings. The van der Waals surface area contributed by atoms with Crippen molar-refractivity contribution in [3.05, 3.63) is 39.8 Å². The second-order valence-corrected chi connectivity index (χ2v) is 7.53. The molecule has 2 fully saturated rings. The molecule has 24 heavy (non-hydrogen) atoms. The molecule has 2 heterocycles. The van der Waals surface area contributed by atoms with Crippen LogP contribution >= 0.6 is 23.4 Å². The van der Waals surface area contributed by atoms with Gasteiger partial charge in [-0.1, -0.05) is 23.7 Å². The minimum atomic E-state index is -0.244. The van der Waals surface area contributed by atoms with Crippen molar-refractivity contribution in [1.29, 1.82) is 0 Å². The number of carbonyl (C=O) groups excluding carboxylic acids is 2. The van der Waals surface area contributed by atoms with Gasteiger partial charge in [-0.3, -0.25) is 19.4 Å². The van der Waals surface area contributed by atoms with Crippen LogP contribution in [0.5, 0.6) is 0 Å². The average Bonchev–Trinajstić information content (AvgIpc) is 2.76. The molecule has 0 radical (unpaired) electrons. The molecule has 2 aliphatic heterocycles. The fourth-order valence-corrected chi connectivity index (χ4v) is 3.89. The monoisotopic (exact) mass is 366 g/mol. The van der Waals surface area contributed by atoms with E-state index in [2.05, 4.69) is 4.90 Å². The Bertz CT molecular complexity index is 667. The zero-order valence-corrected chi connectivity index (χ0v) is 15.1. The molecule has 7 heteroatoms. The predicted octanol–water partition coefficient (Wildman–Crippen LogP) is 3.44.